The van der Waals surface area contributed by atoms with Gasteiger partial charge in [0.2, 0.25) is 0 Å². The lowest BCUT2D eigenvalue weighted by molar-refractivity contribution is -0.384. The molecule has 0 bridgehead atoms. The predicted octanol–water partition coefficient (Wildman–Crippen LogP) is 3.48. The van der Waals surface area contributed by atoms with E-state index >= 15 is 0 Å². The molecule has 2 heterocycles. The van der Waals surface area contributed by atoms with Crippen molar-refractivity contribution in [2.45, 2.75) is 13.8 Å². The standard InChI is InChI=1S/C16H12N2O5/c1-9-3-5-12(14(7-9)18(20)21)15-6-4-11(22-15)8-13-10(2)17-23-16(13)19/h3-8H,1-2H3/b13-8-. The molecule has 1 aromatic heterocycles. The van der Waals surface area contributed by atoms with E-state index in [1.807, 2.05) is 0 Å². The average molecular weight is 312 g/mol. The van der Waals surface area contributed by atoms with Crippen LogP contribution >= 0.6 is 0 Å². The summed E-state index contributed by atoms with van der Waals surface area (Å²) in [6, 6.07) is 8.15. The highest BCUT2D eigenvalue weighted by molar-refractivity contribution is 6.24. The number of benzene rings is 1. The van der Waals surface area contributed by atoms with E-state index in [0.717, 1.165) is 5.56 Å². The second-order valence-electron chi connectivity index (χ2n) is 5.09. The molecule has 116 valence electrons. The maximum absolute atomic E-state index is 11.5. The van der Waals surface area contributed by atoms with Crippen molar-refractivity contribution in [3.8, 4) is 11.3 Å². The van der Waals surface area contributed by atoms with Crippen LogP contribution in [-0.4, -0.2) is 16.6 Å². The zero-order valence-corrected chi connectivity index (χ0v) is 12.4. The molecule has 1 aliphatic rings. The topological polar surface area (TPSA) is 94.9 Å². The van der Waals surface area contributed by atoms with E-state index in [2.05, 4.69) is 9.99 Å². The van der Waals surface area contributed by atoms with Crippen LogP contribution in [0.1, 0.15) is 18.2 Å². The lowest BCUT2D eigenvalue weighted by Crippen LogP contribution is -2.01. The quantitative estimate of drug-likeness (QED) is 0.374. The lowest BCUT2D eigenvalue weighted by atomic mass is 10.1. The van der Waals surface area contributed by atoms with E-state index in [1.54, 1.807) is 38.1 Å². The van der Waals surface area contributed by atoms with Crippen molar-refractivity contribution < 1.29 is 19.0 Å². The summed E-state index contributed by atoms with van der Waals surface area (Å²) in [7, 11) is 0. The molecule has 0 atom stereocenters. The highest BCUT2D eigenvalue weighted by Gasteiger charge is 2.23. The van der Waals surface area contributed by atoms with Gasteiger partial charge in [-0.1, -0.05) is 11.2 Å². The summed E-state index contributed by atoms with van der Waals surface area (Å²) in [5.41, 5.74) is 1.88. The van der Waals surface area contributed by atoms with Gasteiger partial charge in [0.1, 0.15) is 11.5 Å². The van der Waals surface area contributed by atoms with Crippen LogP contribution in [0.3, 0.4) is 0 Å². The predicted molar refractivity (Wildman–Crippen MR) is 82.7 cm³/mol. The van der Waals surface area contributed by atoms with Gasteiger partial charge >= 0.3 is 5.97 Å². The van der Waals surface area contributed by atoms with E-state index in [0.29, 0.717) is 28.4 Å². The second kappa shape index (κ2) is 5.53. The van der Waals surface area contributed by atoms with Crippen molar-refractivity contribution in [1.29, 1.82) is 0 Å². The summed E-state index contributed by atoms with van der Waals surface area (Å²) < 4.78 is 5.62. The molecule has 0 saturated carbocycles. The third-order valence-corrected chi connectivity index (χ3v) is 3.40. The summed E-state index contributed by atoms with van der Waals surface area (Å²) >= 11 is 0. The first-order chi connectivity index (χ1) is 11.0. The fourth-order valence-electron chi connectivity index (χ4n) is 2.24. The molecule has 1 aliphatic heterocycles. The van der Waals surface area contributed by atoms with Crippen molar-refractivity contribution in [2.75, 3.05) is 0 Å². The SMILES string of the molecule is CC1=NOC(=O)/C1=C\c1ccc(-c2ccc(C)cc2[N+](=O)[O-])o1. The molecule has 0 spiro atoms. The minimum atomic E-state index is -0.554. The van der Waals surface area contributed by atoms with Gasteiger partial charge in [-0.2, -0.15) is 0 Å². The number of nitro benzene ring substituents is 1. The Balaban J connectivity index is 2.01. The first-order valence-electron chi connectivity index (χ1n) is 6.79. The summed E-state index contributed by atoms with van der Waals surface area (Å²) in [6.07, 6.45) is 1.50. The Bertz CT molecular complexity index is 876. The van der Waals surface area contributed by atoms with Crippen LogP contribution in [0.25, 0.3) is 17.4 Å². The number of carbonyl (C=O) groups is 1. The van der Waals surface area contributed by atoms with Crippen LogP contribution in [-0.2, 0) is 9.63 Å². The number of carbonyl (C=O) groups excluding carboxylic acids is 1. The molecular formula is C16H12N2O5. The minimum absolute atomic E-state index is 0.0310. The smallest absolute Gasteiger partial charge is 0.367 e. The van der Waals surface area contributed by atoms with Crippen LogP contribution in [0.15, 0.2) is 45.5 Å². The maximum Gasteiger partial charge on any atom is 0.367 e. The molecule has 0 radical (unpaired) electrons. The van der Waals surface area contributed by atoms with Crippen LogP contribution in [0, 0.1) is 17.0 Å². The lowest BCUT2D eigenvalue weighted by Gasteiger charge is -2.01. The molecule has 0 saturated heterocycles. The number of nitrogens with zero attached hydrogens (tertiary/aromatic N) is 2. The van der Waals surface area contributed by atoms with E-state index in [4.69, 9.17) is 4.42 Å². The van der Waals surface area contributed by atoms with Gasteiger partial charge in [-0.05, 0) is 43.7 Å². The molecule has 23 heavy (non-hydrogen) atoms. The first-order valence-corrected chi connectivity index (χ1v) is 6.79. The van der Waals surface area contributed by atoms with E-state index in [1.165, 1.54) is 12.1 Å². The van der Waals surface area contributed by atoms with Crippen LogP contribution in [0.5, 0.6) is 0 Å². The van der Waals surface area contributed by atoms with E-state index < -0.39 is 10.9 Å². The van der Waals surface area contributed by atoms with Gasteiger partial charge in [0.05, 0.1) is 21.8 Å². The summed E-state index contributed by atoms with van der Waals surface area (Å²) in [5.74, 6) is 0.185. The zero-order chi connectivity index (χ0) is 16.6. The van der Waals surface area contributed by atoms with E-state index in [-0.39, 0.29) is 5.69 Å². The first kappa shape index (κ1) is 14.7. The molecule has 0 unspecified atom stereocenters. The molecule has 0 fully saturated rings. The molecule has 0 amide bonds. The zero-order valence-electron chi connectivity index (χ0n) is 12.4. The van der Waals surface area contributed by atoms with Gasteiger partial charge in [0, 0.05) is 6.07 Å². The summed E-state index contributed by atoms with van der Waals surface area (Å²) in [4.78, 5) is 26.8. The molecule has 7 heteroatoms. The van der Waals surface area contributed by atoms with Crippen LogP contribution in [0.4, 0.5) is 5.69 Å². The maximum atomic E-state index is 11.5. The van der Waals surface area contributed by atoms with Crippen molar-refractivity contribution >= 4 is 23.4 Å². The highest BCUT2D eigenvalue weighted by atomic mass is 16.7. The van der Waals surface area contributed by atoms with Crippen molar-refractivity contribution in [1.82, 2.24) is 0 Å². The Kier molecular flexibility index (Phi) is 3.53. The number of nitro groups is 1. The van der Waals surface area contributed by atoms with Gasteiger partial charge in [0.15, 0.2) is 0 Å². The molecule has 2 aromatic rings. The molecule has 1 aromatic carbocycles. The molecular weight excluding hydrogens is 300 g/mol. The summed E-state index contributed by atoms with van der Waals surface area (Å²) in [5, 5.41) is 14.8. The second-order valence-corrected chi connectivity index (χ2v) is 5.09. The largest absolute Gasteiger partial charge is 0.456 e. The third kappa shape index (κ3) is 2.76. The number of furan rings is 1. The monoisotopic (exact) mass is 312 g/mol. The van der Waals surface area contributed by atoms with Crippen molar-refractivity contribution in [3.05, 3.63) is 57.3 Å². The van der Waals surface area contributed by atoms with Gasteiger partial charge in [0.25, 0.3) is 5.69 Å². The van der Waals surface area contributed by atoms with Gasteiger partial charge < -0.3 is 9.25 Å². The summed E-state index contributed by atoms with van der Waals surface area (Å²) in [6.45, 7) is 3.42. The molecule has 7 nitrogen and oxygen atoms in total. The van der Waals surface area contributed by atoms with Gasteiger partial charge in [-0.15, -0.1) is 0 Å². The number of hydrogen-bond acceptors (Lipinski definition) is 6. The fourth-order valence-corrected chi connectivity index (χ4v) is 2.24. The Morgan fingerprint density at radius 3 is 2.65 bits per heavy atom. The number of oxime groups is 1. The fraction of sp³-hybridized carbons (Fsp3) is 0.125. The van der Waals surface area contributed by atoms with Crippen molar-refractivity contribution in [2.24, 2.45) is 5.16 Å². The Labute approximate surface area is 131 Å². The molecule has 0 N–H and O–H groups in total. The van der Waals surface area contributed by atoms with Crippen molar-refractivity contribution in [3.63, 3.8) is 0 Å². The number of aryl methyl sites for hydroxylation is 1. The minimum Gasteiger partial charge on any atom is -0.456 e. The Morgan fingerprint density at radius 2 is 2.00 bits per heavy atom. The average Bonchev–Trinajstić information content (AvgIpc) is 3.09. The van der Waals surface area contributed by atoms with Crippen LogP contribution in [0.2, 0.25) is 0 Å². The Morgan fingerprint density at radius 1 is 1.22 bits per heavy atom. The normalized spacial score (nSPS) is 15.7. The highest BCUT2D eigenvalue weighted by Crippen LogP contribution is 2.32. The number of hydrogen-bond donors (Lipinski definition) is 0. The van der Waals surface area contributed by atoms with Gasteiger partial charge in [-0.25, -0.2) is 4.79 Å². The Hall–Kier alpha value is -3.22. The number of rotatable bonds is 3. The molecule has 3 rings (SSSR count). The molecule has 0 aliphatic carbocycles. The third-order valence-electron chi connectivity index (χ3n) is 3.40. The van der Waals surface area contributed by atoms with Crippen LogP contribution < -0.4 is 0 Å². The van der Waals surface area contributed by atoms with Gasteiger partial charge in [-0.3, -0.25) is 10.1 Å². The van der Waals surface area contributed by atoms with E-state index in [9.17, 15) is 14.9 Å².